The van der Waals surface area contributed by atoms with Crippen LogP contribution in [0.15, 0.2) is 22.8 Å². The van der Waals surface area contributed by atoms with Crippen molar-refractivity contribution >= 4 is 11.6 Å². The molecule has 1 rings (SSSR count). The molecule has 14 heavy (non-hydrogen) atoms. The van der Waals surface area contributed by atoms with Crippen LogP contribution < -0.4 is 5.32 Å². The first-order valence-corrected chi connectivity index (χ1v) is 5.25. The highest BCUT2D eigenvalue weighted by Crippen LogP contribution is 2.03. The number of allylic oxidation sites excluding steroid dienone is 1. The van der Waals surface area contributed by atoms with Crippen LogP contribution in [0.25, 0.3) is 0 Å². The Morgan fingerprint density at radius 2 is 2.43 bits per heavy atom. The topological polar surface area (TPSA) is 38.1 Å². The number of nitrogens with zero attached hydrogens (tertiary/aromatic N) is 1. The van der Waals surface area contributed by atoms with Crippen molar-refractivity contribution < 1.29 is 4.42 Å². The van der Waals surface area contributed by atoms with Gasteiger partial charge in [0.2, 0.25) is 5.89 Å². The first-order chi connectivity index (χ1) is 6.86. The predicted molar refractivity (Wildman–Crippen MR) is 57.4 cm³/mol. The van der Waals surface area contributed by atoms with Crippen molar-refractivity contribution in [2.24, 2.45) is 0 Å². The van der Waals surface area contributed by atoms with Gasteiger partial charge in [0.05, 0.1) is 12.7 Å². The smallest absolute Gasteiger partial charge is 0.208 e. The van der Waals surface area contributed by atoms with Crippen LogP contribution in [0, 0.1) is 0 Å². The quantitative estimate of drug-likeness (QED) is 0.448. The van der Waals surface area contributed by atoms with Gasteiger partial charge in [-0.3, -0.25) is 0 Å². The van der Waals surface area contributed by atoms with Crippen molar-refractivity contribution in [3.63, 3.8) is 0 Å². The Morgan fingerprint density at radius 1 is 1.57 bits per heavy atom. The highest BCUT2D eigenvalue weighted by atomic mass is 35.5. The van der Waals surface area contributed by atoms with Crippen molar-refractivity contribution in [1.82, 2.24) is 10.3 Å². The lowest BCUT2D eigenvalue weighted by molar-refractivity contribution is 0.444. The van der Waals surface area contributed by atoms with Crippen LogP contribution in [-0.2, 0) is 13.0 Å². The van der Waals surface area contributed by atoms with Gasteiger partial charge in [0.15, 0.2) is 0 Å². The monoisotopic (exact) mass is 214 g/mol. The lowest BCUT2D eigenvalue weighted by atomic mass is 10.4. The molecule has 0 unspecified atom stereocenters. The lowest BCUT2D eigenvalue weighted by Gasteiger charge is -1.95. The predicted octanol–water partition coefficient (Wildman–Crippen LogP) is 2.12. The van der Waals surface area contributed by atoms with Gasteiger partial charge in [0.1, 0.15) is 5.76 Å². The van der Waals surface area contributed by atoms with E-state index in [4.69, 9.17) is 16.0 Å². The summed E-state index contributed by atoms with van der Waals surface area (Å²) in [6.45, 7) is 3.49. The van der Waals surface area contributed by atoms with Gasteiger partial charge in [-0.25, -0.2) is 4.98 Å². The molecule has 0 bridgehead atoms. The summed E-state index contributed by atoms with van der Waals surface area (Å²) >= 11 is 5.47. The van der Waals surface area contributed by atoms with E-state index in [0.717, 1.165) is 24.6 Å². The molecule has 0 aliphatic rings. The van der Waals surface area contributed by atoms with Crippen LogP contribution in [-0.4, -0.2) is 17.4 Å². The second-order valence-corrected chi connectivity index (χ2v) is 3.14. The summed E-state index contributed by atoms with van der Waals surface area (Å²) in [6, 6.07) is 0. The van der Waals surface area contributed by atoms with Crippen LogP contribution in [0.4, 0.5) is 0 Å². The van der Waals surface area contributed by atoms with E-state index < -0.39 is 0 Å². The molecule has 0 aliphatic heterocycles. The van der Waals surface area contributed by atoms with E-state index in [0.29, 0.717) is 12.4 Å². The largest absolute Gasteiger partial charge is 0.444 e. The minimum absolute atomic E-state index is 0.556. The maximum atomic E-state index is 5.47. The number of hydrogen-bond acceptors (Lipinski definition) is 3. The zero-order valence-corrected chi connectivity index (χ0v) is 9.05. The van der Waals surface area contributed by atoms with Gasteiger partial charge in [-0.15, -0.1) is 11.6 Å². The van der Waals surface area contributed by atoms with Crippen LogP contribution in [0.1, 0.15) is 18.6 Å². The molecular formula is C10H15ClN2O. The fraction of sp³-hybridized carbons (Fsp3) is 0.500. The third kappa shape index (κ3) is 3.94. The van der Waals surface area contributed by atoms with Crippen LogP contribution in [0.5, 0.6) is 0 Å². The summed E-state index contributed by atoms with van der Waals surface area (Å²) in [4.78, 5) is 4.13. The zero-order chi connectivity index (χ0) is 10.2. The Kier molecular flexibility index (Phi) is 5.33. The van der Waals surface area contributed by atoms with Gasteiger partial charge in [0.25, 0.3) is 0 Å². The van der Waals surface area contributed by atoms with Gasteiger partial charge in [-0.1, -0.05) is 19.1 Å². The van der Waals surface area contributed by atoms with Crippen LogP contribution in [0.3, 0.4) is 0 Å². The van der Waals surface area contributed by atoms with Crippen molar-refractivity contribution in [1.29, 1.82) is 0 Å². The summed E-state index contributed by atoms with van der Waals surface area (Å²) in [5, 5.41) is 3.17. The van der Waals surface area contributed by atoms with E-state index in [-0.39, 0.29) is 0 Å². The van der Waals surface area contributed by atoms with E-state index in [1.165, 1.54) is 0 Å². The SMILES string of the molecule is CCc1cnc(CNC/C=C/CCl)o1. The Morgan fingerprint density at radius 3 is 3.07 bits per heavy atom. The highest BCUT2D eigenvalue weighted by Gasteiger charge is 1.99. The molecule has 1 heterocycles. The molecule has 3 nitrogen and oxygen atoms in total. The number of aromatic nitrogens is 1. The Hall–Kier alpha value is -0.800. The maximum absolute atomic E-state index is 5.47. The molecule has 0 atom stereocenters. The first-order valence-electron chi connectivity index (χ1n) is 4.72. The minimum Gasteiger partial charge on any atom is -0.444 e. The molecule has 1 aromatic rings. The first kappa shape index (κ1) is 11.3. The number of aryl methyl sites for hydroxylation is 1. The molecule has 0 saturated carbocycles. The molecule has 0 radical (unpaired) electrons. The van der Waals surface area contributed by atoms with Gasteiger partial charge in [-0.05, 0) is 0 Å². The van der Waals surface area contributed by atoms with E-state index in [1.54, 1.807) is 6.20 Å². The van der Waals surface area contributed by atoms with Crippen LogP contribution >= 0.6 is 11.6 Å². The third-order valence-corrected chi connectivity index (χ3v) is 1.92. The van der Waals surface area contributed by atoms with Crippen molar-refractivity contribution in [3.05, 3.63) is 30.0 Å². The molecule has 0 aliphatic carbocycles. The molecule has 78 valence electrons. The molecule has 0 aromatic carbocycles. The fourth-order valence-electron chi connectivity index (χ4n) is 1.00. The summed E-state index contributed by atoms with van der Waals surface area (Å²) in [7, 11) is 0. The van der Waals surface area contributed by atoms with Gasteiger partial charge < -0.3 is 9.73 Å². The number of nitrogens with one attached hydrogen (secondary N) is 1. The molecule has 0 saturated heterocycles. The van der Waals surface area contributed by atoms with E-state index >= 15 is 0 Å². The molecule has 0 amide bonds. The lowest BCUT2D eigenvalue weighted by Crippen LogP contribution is -2.12. The molecule has 1 aromatic heterocycles. The standard InChI is InChI=1S/C10H15ClN2O/c1-2-9-7-13-10(14-9)8-12-6-4-3-5-11/h3-4,7,12H,2,5-6,8H2,1H3/b4-3+. The number of rotatable bonds is 6. The zero-order valence-electron chi connectivity index (χ0n) is 8.29. The number of oxazole rings is 1. The Bertz CT molecular complexity index is 283. The summed E-state index contributed by atoms with van der Waals surface area (Å²) in [6.07, 6.45) is 6.54. The number of hydrogen-bond donors (Lipinski definition) is 1. The molecule has 4 heteroatoms. The van der Waals surface area contributed by atoms with Crippen molar-refractivity contribution in [2.75, 3.05) is 12.4 Å². The second kappa shape index (κ2) is 6.62. The minimum atomic E-state index is 0.556. The second-order valence-electron chi connectivity index (χ2n) is 2.83. The third-order valence-electron chi connectivity index (χ3n) is 1.74. The molecule has 0 spiro atoms. The van der Waals surface area contributed by atoms with Gasteiger partial charge >= 0.3 is 0 Å². The Balaban J connectivity index is 2.21. The summed E-state index contributed by atoms with van der Waals surface area (Å²) in [5.74, 6) is 2.22. The van der Waals surface area contributed by atoms with Crippen LogP contribution in [0.2, 0.25) is 0 Å². The van der Waals surface area contributed by atoms with Crippen molar-refractivity contribution in [3.8, 4) is 0 Å². The summed E-state index contributed by atoms with van der Waals surface area (Å²) in [5.41, 5.74) is 0. The fourth-order valence-corrected chi connectivity index (χ4v) is 1.13. The van der Waals surface area contributed by atoms with E-state index in [9.17, 15) is 0 Å². The average molecular weight is 215 g/mol. The molecular weight excluding hydrogens is 200 g/mol. The van der Waals surface area contributed by atoms with E-state index in [2.05, 4.69) is 10.3 Å². The van der Waals surface area contributed by atoms with E-state index in [1.807, 2.05) is 19.1 Å². The van der Waals surface area contributed by atoms with Crippen molar-refractivity contribution in [2.45, 2.75) is 19.9 Å². The highest BCUT2D eigenvalue weighted by molar-refractivity contribution is 6.18. The number of alkyl halides is 1. The average Bonchev–Trinajstić information content (AvgIpc) is 2.65. The maximum Gasteiger partial charge on any atom is 0.208 e. The van der Waals surface area contributed by atoms with Gasteiger partial charge in [-0.2, -0.15) is 0 Å². The molecule has 1 N–H and O–H groups in total. The Labute approximate surface area is 89.2 Å². The summed E-state index contributed by atoms with van der Waals surface area (Å²) < 4.78 is 5.42. The number of halogens is 1. The molecule has 0 fully saturated rings. The normalized spacial score (nSPS) is 11.3. The van der Waals surface area contributed by atoms with Gasteiger partial charge in [0, 0.05) is 18.8 Å².